The molecule has 2 heterocycles. The highest BCUT2D eigenvalue weighted by molar-refractivity contribution is 5.87. The molecule has 0 spiro atoms. The van der Waals surface area contributed by atoms with Crippen LogP contribution in [0.25, 0.3) is 5.69 Å². The minimum absolute atomic E-state index is 0.0140. The van der Waals surface area contributed by atoms with E-state index in [1.165, 1.54) is 0 Å². The van der Waals surface area contributed by atoms with Crippen LogP contribution in [0.3, 0.4) is 0 Å². The van der Waals surface area contributed by atoms with Crippen LogP contribution >= 0.6 is 0 Å². The number of hydrogen-bond acceptors (Lipinski definition) is 4. The number of anilines is 1. The third-order valence-electron chi connectivity index (χ3n) is 6.81. The van der Waals surface area contributed by atoms with Crippen molar-refractivity contribution in [2.24, 2.45) is 11.3 Å². The zero-order chi connectivity index (χ0) is 21.8. The van der Waals surface area contributed by atoms with E-state index < -0.39 is 0 Å². The van der Waals surface area contributed by atoms with Gasteiger partial charge in [0.05, 0.1) is 18.5 Å². The molecule has 5 nitrogen and oxygen atoms in total. The van der Waals surface area contributed by atoms with Crippen molar-refractivity contribution in [2.75, 3.05) is 12.4 Å². The van der Waals surface area contributed by atoms with E-state index in [4.69, 9.17) is 9.84 Å². The third-order valence-corrected chi connectivity index (χ3v) is 6.81. The maximum absolute atomic E-state index is 13.5. The van der Waals surface area contributed by atoms with Crippen LogP contribution in [0.4, 0.5) is 5.82 Å². The highest BCUT2D eigenvalue weighted by Crippen LogP contribution is 2.51. The number of aromatic nitrogens is 2. The Kier molecular flexibility index (Phi) is 4.65. The molecule has 3 unspecified atom stereocenters. The lowest BCUT2D eigenvalue weighted by Gasteiger charge is -2.46. The van der Waals surface area contributed by atoms with Crippen LogP contribution in [0.5, 0.6) is 5.75 Å². The lowest BCUT2D eigenvalue weighted by Crippen LogP contribution is -2.50. The molecule has 2 aromatic carbocycles. The second kappa shape index (κ2) is 7.26. The number of carbonyl (C=O) groups excluding carboxylic acids is 1. The summed E-state index contributed by atoms with van der Waals surface area (Å²) in [7, 11) is 1.68. The van der Waals surface area contributed by atoms with Crippen molar-refractivity contribution >= 4 is 11.6 Å². The Hall–Kier alpha value is -3.08. The van der Waals surface area contributed by atoms with Gasteiger partial charge in [-0.1, -0.05) is 44.2 Å². The molecule has 5 rings (SSSR count). The number of ether oxygens (including phenoxy) is 1. The van der Waals surface area contributed by atoms with Gasteiger partial charge in [-0.15, -0.1) is 0 Å². The van der Waals surface area contributed by atoms with Crippen LogP contribution in [-0.2, 0) is 4.79 Å². The van der Waals surface area contributed by atoms with Gasteiger partial charge in [-0.2, -0.15) is 5.10 Å². The van der Waals surface area contributed by atoms with Crippen molar-refractivity contribution in [1.82, 2.24) is 9.78 Å². The van der Waals surface area contributed by atoms with Crippen molar-refractivity contribution in [1.29, 1.82) is 0 Å². The van der Waals surface area contributed by atoms with Crippen molar-refractivity contribution in [3.8, 4) is 11.4 Å². The molecule has 31 heavy (non-hydrogen) atoms. The summed E-state index contributed by atoms with van der Waals surface area (Å²) in [5.74, 6) is 2.06. The van der Waals surface area contributed by atoms with Crippen molar-refractivity contribution < 1.29 is 9.53 Å². The highest BCUT2D eigenvalue weighted by Gasteiger charge is 2.49. The minimum atomic E-state index is -0.0963. The number of nitrogens with one attached hydrogen (secondary N) is 1. The van der Waals surface area contributed by atoms with Crippen LogP contribution in [0.2, 0.25) is 0 Å². The first-order chi connectivity index (χ1) is 14.9. The molecule has 0 bridgehead atoms. The molecular formula is C26H29N3O2. The van der Waals surface area contributed by atoms with Crippen molar-refractivity contribution in [3.05, 3.63) is 71.4 Å². The Bertz CT molecular complexity index is 1120. The molecule has 1 saturated carbocycles. The third kappa shape index (κ3) is 3.32. The predicted octanol–water partition coefficient (Wildman–Crippen LogP) is 5.12. The Labute approximate surface area is 183 Å². The van der Waals surface area contributed by atoms with Gasteiger partial charge in [0.25, 0.3) is 0 Å². The summed E-state index contributed by atoms with van der Waals surface area (Å²) in [6.45, 7) is 6.44. The Balaban J connectivity index is 1.70. The van der Waals surface area contributed by atoms with Crippen molar-refractivity contribution in [3.63, 3.8) is 0 Å². The van der Waals surface area contributed by atoms with Crippen LogP contribution in [-0.4, -0.2) is 28.7 Å². The predicted molar refractivity (Wildman–Crippen MR) is 122 cm³/mol. The largest absolute Gasteiger partial charge is 0.497 e. The van der Waals surface area contributed by atoms with E-state index in [0.717, 1.165) is 40.5 Å². The second-order valence-corrected chi connectivity index (χ2v) is 9.63. The first-order valence-electron chi connectivity index (χ1n) is 11.0. The van der Waals surface area contributed by atoms with E-state index in [9.17, 15) is 4.79 Å². The molecule has 3 atom stereocenters. The number of benzene rings is 2. The molecule has 5 heteroatoms. The summed E-state index contributed by atoms with van der Waals surface area (Å²) in [6, 6.07) is 18.5. The fourth-order valence-electron chi connectivity index (χ4n) is 5.51. The molecule has 0 amide bonds. The number of para-hydroxylation sites is 1. The highest BCUT2D eigenvalue weighted by atomic mass is 16.5. The molecule has 1 aromatic heterocycles. The van der Waals surface area contributed by atoms with Gasteiger partial charge in [-0.25, -0.2) is 4.68 Å². The van der Waals surface area contributed by atoms with Crippen LogP contribution in [0, 0.1) is 18.3 Å². The number of rotatable bonds is 3. The number of fused-ring (bicyclic) bond motifs is 2. The lowest BCUT2D eigenvalue weighted by molar-refractivity contribution is -0.128. The van der Waals surface area contributed by atoms with Gasteiger partial charge in [0.15, 0.2) is 0 Å². The molecule has 3 aromatic rings. The molecule has 2 aliphatic rings. The van der Waals surface area contributed by atoms with Gasteiger partial charge < -0.3 is 10.1 Å². The van der Waals surface area contributed by atoms with Gasteiger partial charge in [0.2, 0.25) is 0 Å². The Morgan fingerprint density at radius 1 is 1.10 bits per heavy atom. The average molecular weight is 416 g/mol. The van der Waals surface area contributed by atoms with Gasteiger partial charge >= 0.3 is 0 Å². The minimum Gasteiger partial charge on any atom is -0.497 e. The fourth-order valence-corrected chi connectivity index (χ4v) is 5.51. The van der Waals surface area contributed by atoms with E-state index in [1.54, 1.807) is 7.11 Å². The number of ketones is 1. The molecule has 1 aliphatic carbocycles. The van der Waals surface area contributed by atoms with Gasteiger partial charge in [0, 0.05) is 29.9 Å². The van der Waals surface area contributed by atoms with Gasteiger partial charge in [-0.3, -0.25) is 4.79 Å². The van der Waals surface area contributed by atoms with E-state index in [0.29, 0.717) is 12.2 Å². The first-order valence-corrected chi connectivity index (χ1v) is 11.0. The second-order valence-electron chi connectivity index (χ2n) is 9.63. The fraction of sp³-hybridized carbons (Fsp3) is 0.385. The van der Waals surface area contributed by atoms with E-state index in [-0.39, 0.29) is 23.3 Å². The smallest absolute Gasteiger partial charge is 0.139 e. The monoisotopic (exact) mass is 415 g/mol. The number of hydrogen-bond donors (Lipinski definition) is 1. The van der Waals surface area contributed by atoms with Gasteiger partial charge in [-0.05, 0) is 48.6 Å². The maximum atomic E-state index is 13.5. The number of carbonyl (C=O) groups is 1. The molecule has 0 radical (unpaired) electrons. The standard InChI is InChI=1S/C26H29N3O2/c1-16-22-23(17-10-12-19(31-4)13-11-17)24-20(14-26(2,3)15-21(24)30)27-25(22)29(28-16)18-8-6-5-7-9-18/h5-13,20,23-24,27H,14-15H2,1-4H3. The Morgan fingerprint density at radius 2 is 1.81 bits per heavy atom. The molecular weight excluding hydrogens is 386 g/mol. The number of methoxy groups -OCH3 is 1. The summed E-state index contributed by atoms with van der Waals surface area (Å²) in [5, 5.41) is 8.66. The van der Waals surface area contributed by atoms with E-state index in [1.807, 2.05) is 41.9 Å². The lowest BCUT2D eigenvalue weighted by atomic mass is 9.62. The quantitative estimate of drug-likeness (QED) is 0.645. The summed E-state index contributed by atoms with van der Waals surface area (Å²) < 4.78 is 7.37. The van der Waals surface area contributed by atoms with Crippen LogP contribution in [0.1, 0.15) is 49.4 Å². The zero-order valence-corrected chi connectivity index (χ0v) is 18.6. The summed E-state index contributed by atoms with van der Waals surface area (Å²) in [5.41, 5.74) is 4.24. The van der Waals surface area contributed by atoms with E-state index in [2.05, 4.69) is 43.4 Å². The SMILES string of the molecule is COc1ccc(C2c3c(C)nn(-c4ccccc4)c3NC3CC(C)(C)CC(=O)C32)cc1. The molecule has 160 valence electrons. The molecule has 1 aliphatic heterocycles. The number of nitrogens with zero attached hydrogens (tertiary/aromatic N) is 2. The van der Waals surface area contributed by atoms with Crippen LogP contribution < -0.4 is 10.1 Å². The van der Waals surface area contributed by atoms with E-state index >= 15 is 0 Å². The van der Waals surface area contributed by atoms with Crippen LogP contribution in [0.15, 0.2) is 54.6 Å². The summed E-state index contributed by atoms with van der Waals surface area (Å²) in [4.78, 5) is 13.5. The normalized spacial score (nSPS) is 24.1. The Morgan fingerprint density at radius 3 is 2.48 bits per heavy atom. The molecule has 0 saturated heterocycles. The average Bonchev–Trinajstić information content (AvgIpc) is 3.08. The number of aryl methyl sites for hydroxylation is 1. The summed E-state index contributed by atoms with van der Waals surface area (Å²) in [6.07, 6.45) is 1.57. The van der Waals surface area contributed by atoms with Crippen molar-refractivity contribution in [2.45, 2.75) is 45.6 Å². The maximum Gasteiger partial charge on any atom is 0.139 e. The molecule has 1 fully saturated rings. The topological polar surface area (TPSA) is 56.1 Å². The zero-order valence-electron chi connectivity index (χ0n) is 18.6. The van der Waals surface area contributed by atoms with Gasteiger partial charge in [0.1, 0.15) is 17.4 Å². The summed E-state index contributed by atoms with van der Waals surface area (Å²) >= 11 is 0. The first kappa shape index (κ1) is 19.9. The number of Topliss-reactive ketones (excluding diaryl/α,β-unsaturated/α-hetero) is 1. The molecule has 1 N–H and O–H groups in total.